The second-order valence-corrected chi connectivity index (χ2v) is 5.01. The van der Waals surface area contributed by atoms with Gasteiger partial charge in [0.25, 0.3) is 0 Å². The lowest BCUT2D eigenvalue weighted by Crippen LogP contribution is -2.07. The number of hydrogen-bond acceptors (Lipinski definition) is 6. The molecule has 0 unspecified atom stereocenters. The van der Waals surface area contributed by atoms with E-state index in [1.807, 2.05) is 30.3 Å². The Morgan fingerprint density at radius 3 is 2.65 bits per heavy atom. The summed E-state index contributed by atoms with van der Waals surface area (Å²) in [5.41, 5.74) is 2.32. The molecular weight excluding hydrogens is 294 g/mol. The number of ketones is 1. The highest BCUT2D eigenvalue weighted by molar-refractivity contribution is 5.96. The first kappa shape index (κ1) is 15.0. The molecule has 0 saturated heterocycles. The number of benzene rings is 1. The molecule has 0 fully saturated rings. The van der Waals surface area contributed by atoms with Crippen molar-refractivity contribution < 1.29 is 9.90 Å². The molecule has 116 valence electrons. The number of aliphatic hydroxyl groups is 1. The summed E-state index contributed by atoms with van der Waals surface area (Å²) in [5, 5.41) is 21.2. The third-order valence-corrected chi connectivity index (χ3v) is 3.30. The first-order valence-electron chi connectivity index (χ1n) is 7.14. The van der Waals surface area contributed by atoms with Gasteiger partial charge in [-0.1, -0.05) is 30.3 Å². The van der Waals surface area contributed by atoms with E-state index in [-0.39, 0.29) is 5.78 Å². The second kappa shape index (κ2) is 6.89. The molecule has 0 radical (unpaired) electrons. The van der Waals surface area contributed by atoms with Crippen LogP contribution in [0.25, 0.3) is 0 Å². The van der Waals surface area contributed by atoms with Crippen molar-refractivity contribution in [3.63, 3.8) is 0 Å². The Labute approximate surface area is 132 Å². The minimum atomic E-state index is -0.485. The summed E-state index contributed by atoms with van der Waals surface area (Å²) in [6.07, 6.45) is 2.26. The Morgan fingerprint density at radius 2 is 1.96 bits per heavy atom. The third kappa shape index (κ3) is 3.83. The number of Topliss-reactive ketones (excluding diaryl/α,β-unsaturated/α-hetero) is 1. The normalized spacial score (nSPS) is 10.7. The lowest BCUT2D eigenvalue weighted by atomic mass is 10.1. The molecule has 7 heteroatoms. The molecule has 3 rings (SSSR count). The van der Waals surface area contributed by atoms with E-state index in [0.717, 1.165) is 11.3 Å². The van der Waals surface area contributed by atoms with Crippen LogP contribution in [0.1, 0.15) is 27.4 Å². The SMILES string of the molecule is O=C(CO)c1ccc(Cn2nnc(Cc3ccccn3)n2)cc1. The van der Waals surface area contributed by atoms with Gasteiger partial charge in [0.15, 0.2) is 11.6 Å². The van der Waals surface area contributed by atoms with E-state index in [2.05, 4.69) is 20.4 Å². The number of pyridine rings is 1. The molecular formula is C16H15N5O2. The summed E-state index contributed by atoms with van der Waals surface area (Å²) >= 11 is 0. The van der Waals surface area contributed by atoms with Gasteiger partial charge in [-0.15, -0.1) is 10.2 Å². The molecule has 1 N–H and O–H groups in total. The molecule has 0 atom stereocenters. The predicted molar refractivity (Wildman–Crippen MR) is 81.8 cm³/mol. The second-order valence-electron chi connectivity index (χ2n) is 5.01. The highest BCUT2D eigenvalue weighted by Crippen LogP contribution is 2.07. The zero-order chi connectivity index (χ0) is 16.1. The predicted octanol–water partition coefficient (Wildman–Crippen LogP) is 0.882. The smallest absolute Gasteiger partial charge is 0.188 e. The van der Waals surface area contributed by atoms with Gasteiger partial charge in [-0.3, -0.25) is 9.78 Å². The molecule has 2 heterocycles. The van der Waals surface area contributed by atoms with Crippen molar-refractivity contribution in [3.05, 3.63) is 71.3 Å². The molecule has 0 aliphatic heterocycles. The maximum atomic E-state index is 11.4. The minimum Gasteiger partial charge on any atom is -0.388 e. The van der Waals surface area contributed by atoms with E-state index in [9.17, 15) is 4.79 Å². The van der Waals surface area contributed by atoms with Crippen LogP contribution in [0.5, 0.6) is 0 Å². The monoisotopic (exact) mass is 309 g/mol. The van der Waals surface area contributed by atoms with Crippen LogP contribution < -0.4 is 0 Å². The van der Waals surface area contributed by atoms with Gasteiger partial charge >= 0.3 is 0 Å². The Bertz CT molecular complexity index is 784. The summed E-state index contributed by atoms with van der Waals surface area (Å²) in [4.78, 5) is 17.1. The fourth-order valence-corrected chi connectivity index (χ4v) is 2.13. The van der Waals surface area contributed by atoms with E-state index in [1.165, 1.54) is 4.80 Å². The number of nitrogens with zero attached hydrogens (tertiary/aromatic N) is 5. The van der Waals surface area contributed by atoms with Gasteiger partial charge in [0.2, 0.25) is 0 Å². The van der Waals surface area contributed by atoms with Crippen molar-refractivity contribution in [2.24, 2.45) is 0 Å². The zero-order valence-corrected chi connectivity index (χ0v) is 12.3. The number of aromatic nitrogens is 5. The van der Waals surface area contributed by atoms with E-state index >= 15 is 0 Å². The topological polar surface area (TPSA) is 93.8 Å². The first-order valence-corrected chi connectivity index (χ1v) is 7.14. The Kier molecular flexibility index (Phi) is 4.49. The summed E-state index contributed by atoms with van der Waals surface area (Å²) in [7, 11) is 0. The summed E-state index contributed by atoms with van der Waals surface area (Å²) in [5.74, 6) is 0.309. The van der Waals surface area contributed by atoms with Crippen molar-refractivity contribution in [3.8, 4) is 0 Å². The molecule has 0 aliphatic carbocycles. The molecule has 7 nitrogen and oxygen atoms in total. The third-order valence-electron chi connectivity index (χ3n) is 3.30. The van der Waals surface area contributed by atoms with Gasteiger partial charge in [-0.25, -0.2) is 0 Å². The van der Waals surface area contributed by atoms with Gasteiger partial charge in [-0.05, 0) is 22.9 Å². The van der Waals surface area contributed by atoms with Crippen LogP contribution in [0, 0.1) is 0 Å². The maximum absolute atomic E-state index is 11.4. The van der Waals surface area contributed by atoms with Crippen LogP contribution in [0.15, 0.2) is 48.7 Å². The molecule has 0 spiro atoms. The zero-order valence-electron chi connectivity index (χ0n) is 12.3. The van der Waals surface area contributed by atoms with E-state index in [1.54, 1.807) is 18.3 Å². The van der Waals surface area contributed by atoms with Gasteiger partial charge in [0.05, 0.1) is 13.0 Å². The number of carbonyl (C=O) groups is 1. The van der Waals surface area contributed by atoms with Crippen molar-refractivity contribution in [2.45, 2.75) is 13.0 Å². The van der Waals surface area contributed by atoms with E-state index < -0.39 is 6.61 Å². The van der Waals surface area contributed by atoms with Crippen LogP contribution in [-0.2, 0) is 13.0 Å². The highest BCUT2D eigenvalue weighted by atomic mass is 16.3. The maximum Gasteiger partial charge on any atom is 0.188 e. The largest absolute Gasteiger partial charge is 0.388 e. The number of carbonyl (C=O) groups excluding carboxylic acids is 1. The lowest BCUT2D eigenvalue weighted by molar-refractivity contribution is 0.0903. The number of hydrogen-bond donors (Lipinski definition) is 1. The molecule has 23 heavy (non-hydrogen) atoms. The van der Waals surface area contributed by atoms with E-state index in [0.29, 0.717) is 24.4 Å². The van der Waals surface area contributed by atoms with Gasteiger partial charge in [0, 0.05) is 17.5 Å². The van der Waals surface area contributed by atoms with Gasteiger partial charge in [-0.2, -0.15) is 4.80 Å². The Hall–Kier alpha value is -2.93. The van der Waals surface area contributed by atoms with Crippen LogP contribution in [0.4, 0.5) is 0 Å². The van der Waals surface area contributed by atoms with Gasteiger partial charge < -0.3 is 5.11 Å². The van der Waals surface area contributed by atoms with Crippen molar-refractivity contribution in [1.82, 2.24) is 25.2 Å². The Balaban J connectivity index is 1.66. The van der Waals surface area contributed by atoms with Crippen LogP contribution in [-0.4, -0.2) is 42.7 Å². The molecule has 0 aliphatic rings. The number of aliphatic hydroxyl groups excluding tert-OH is 1. The van der Waals surface area contributed by atoms with Crippen LogP contribution in [0.3, 0.4) is 0 Å². The van der Waals surface area contributed by atoms with Crippen LogP contribution in [0.2, 0.25) is 0 Å². The molecule has 0 bridgehead atoms. The summed E-state index contributed by atoms with van der Waals surface area (Å²) in [6, 6.07) is 12.7. The van der Waals surface area contributed by atoms with Crippen molar-refractivity contribution in [1.29, 1.82) is 0 Å². The minimum absolute atomic E-state index is 0.298. The average molecular weight is 309 g/mol. The highest BCUT2D eigenvalue weighted by Gasteiger charge is 2.07. The fraction of sp³-hybridized carbons (Fsp3) is 0.188. The van der Waals surface area contributed by atoms with E-state index in [4.69, 9.17) is 5.11 Å². The van der Waals surface area contributed by atoms with Crippen molar-refractivity contribution in [2.75, 3.05) is 6.61 Å². The molecule has 0 amide bonds. The average Bonchev–Trinajstić information content (AvgIpc) is 3.02. The van der Waals surface area contributed by atoms with Crippen molar-refractivity contribution >= 4 is 5.78 Å². The lowest BCUT2D eigenvalue weighted by Gasteiger charge is -2.01. The molecule has 2 aromatic heterocycles. The standard InChI is InChI=1S/C16H15N5O2/c22-11-15(23)13-6-4-12(5-7-13)10-21-19-16(18-20-21)9-14-3-1-2-8-17-14/h1-8,22H,9-11H2. The first-order chi connectivity index (χ1) is 11.2. The molecule has 3 aromatic rings. The molecule has 1 aromatic carbocycles. The summed E-state index contributed by atoms with van der Waals surface area (Å²) in [6.45, 7) is -0.0241. The molecule has 0 saturated carbocycles. The fourth-order valence-electron chi connectivity index (χ4n) is 2.13. The summed E-state index contributed by atoms with van der Waals surface area (Å²) < 4.78 is 0. The number of tetrazole rings is 1. The Morgan fingerprint density at radius 1 is 1.13 bits per heavy atom. The quantitative estimate of drug-likeness (QED) is 0.679. The van der Waals surface area contributed by atoms with Gasteiger partial charge in [0.1, 0.15) is 6.61 Å². The number of rotatable bonds is 6. The van der Waals surface area contributed by atoms with Crippen LogP contribution >= 0.6 is 0 Å².